The molecule has 2 atom stereocenters. The van der Waals surface area contributed by atoms with Gasteiger partial charge >= 0.3 is 0 Å². The Morgan fingerprint density at radius 3 is 2.75 bits per heavy atom. The first-order chi connectivity index (χ1) is 13.5. The van der Waals surface area contributed by atoms with Gasteiger partial charge in [0.2, 0.25) is 11.9 Å². The molecule has 0 radical (unpaired) electrons. The van der Waals surface area contributed by atoms with Crippen molar-refractivity contribution in [3.05, 3.63) is 17.5 Å². The first kappa shape index (κ1) is 19.1. The van der Waals surface area contributed by atoms with E-state index in [1.165, 1.54) is 6.42 Å². The Labute approximate surface area is 165 Å². The van der Waals surface area contributed by atoms with E-state index in [4.69, 9.17) is 0 Å². The Kier molecular flexibility index (Phi) is 5.23. The van der Waals surface area contributed by atoms with Crippen molar-refractivity contribution in [1.82, 2.24) is 20.2 Å². The summed E-state index contributed by atoms with van der Waals surface area (Å²) in [6.07, 6.45) is 6.26. The summed E-state index contributed by atoms with van der Waals surface area (Å²) in [5.41, 5.74) is 0.242. The lowest BCUT2D eigenvalue weighted by molar-refractivity contribution is -0.147. The van der Waals surface area contributed by atoms with Crippen LogP contribution in [-0.2, 0) is 4.79 Å². The molecule has 1 aromatic heterocycles. The number of hydrogen-bond donors (Lipinski definition) is 2. The molecule has 2 amide bonds. The highest BCUT2D eigenvalue weighted by Gasteiger charge is 2.50. The van der Waals surface area contributed by atoms with Crippen molar-refractivity contribution in [3.63, 3.8) is 0 Å². The molecule has 4 heterocycles. The first-order valence-corrected chi connectivity index (χ1v) is 10.4. The molecule has 1 spiro atoms. The lowest BCUT2D eigenvalue weighted by atomic mass is 9.71. The summed E-state index contributed by atoms with van der Waals surface area (Å²) in [5.74, 6) is 0.385. The Morgan fingerprint density at radius 2 is 2.04 bits per heavy atom. The molecule has 4 rings (SSSR count). The summed E-state index contributed by atoms with van der Waals surface area (Å²) < 4.78 is 0. The van der Waals surface area contributed by atoms with Crippen molar-refractivity contribution >= 4 is 17.8 Å². The average molecular weight is 387 g/mol. The molecule has 0 unspecified atom stereocenters. The summed E-state index contributed by atoms with van der Waals surface area (Å²) in [6, 6.07) is 0. The van der Waals surface area contributed by atoms with Crippen LogP contribution in [0.3, 0.4) is 0 Å². The van der Waals surface area contributed by atoms with Crippen LogP contribution in [0.15, 0.2) is 6.20 Å². The second kappa shape index (κ2) is 7.66. The number of carbonyl (C=O) groups is 2. The minimum Gasteiger partial charge on any atom is -0.392 e. The summed E-state index contributed by atoms with van der Waals surface area (Å²) in [5, 5.41) is 13.4. The third kappa shape index (κ3) is 3.34. The standard InChI is InChI=1S/C20H29N5O3/c1-14-15(12-22-19(23-14)24-9-3-2-4-10-24)17(27)25-11-6-16(26)20(13-25)7-5-8-21-18(20)28/h12,16,26H,2-11,13H2,1H3,(H,21,28)/t16-,20+/m0/s1. The van der Waals surface area contributed by atoms with Crippen LogP contribution < -0.4 is 10.2 Å². The van der Waals surface area contributed by atoms with E-state index in [9.17, 15) is 14.7 Å². The number of anilines is 1. The van der Waals surface area contributed by atoms with E-state index >= 15 is 0 Å². The number of aryl methyl sites for hydroxylation is 1. The molecule has 0 bridgehead atoms. The second-order valence-electron chi connectivity index (χ2n) is 8.26. The molecule has 0 saturated carbocycles. The topological polar surface area (TPSA) is 98.7 Å². The first-order valence-electron chi connectivity index (χ1n) is 10.4. The molecule has 28 heavy (non-hydrogen) atoms. The van der Waals surface area contributed by atoms with Gasteiger partial charge in [-0.25, -0.2) is 9.97 Å². The minimum atomic E-state index is -0.894. The fraction of sp³-hybridized carbons (Fsp3) is 0.700. The lowest BCUT2D eigenvalue weighted by Crippen LogP contribution is -2.62. The number of hydrogen-bond acceptors (Lipinski definition) is 6. The highest BCUT2D eigenvalue weighted by molar-refractivity contribution is 5.96. The Hall–Kier alpha value is -2.22. The van der Waals surface area contributed by atoms with E-state index in [1.807, 2.05) is 6.92 Å². The van der Waals surface area contributed by atoms with Crippen LogP contribution in [0.5, 0.6) is 0 Å². The van der Waals surface area contributed by atoms with Crippen LogP contribution in [-0.4, -0.2) is 70.6 Å². The summed E-state index contributed by atoms with van der Waals surface area (Å²) in [6.45, 7) is 5.05. The highest BCUT2D eigenvalue weighted by atomic mass is 16.3. The van der Waals surface area contributed by atoms with Gasteiger partial charge in [0.25, 0.3) is 5.91 Å². The van der Waals surface area contributed by atoms with Crippen LogP contribution in [0.2, 0.25) is 0 Å². The van der Waals surface area contributed by atoms with Crippen LogP contribution in [0.1, 0.15) is 54.6 Å². The molecular formula is C20H29N5O3. The van der Waals surface area contributed by atoms with E-state index in [1.54, 1.807) is 11.1 Å². The number of nitrogens with one attached hydrogen (secondary N) is 1. The zero-order chi connectivity index (χ0) is 19.7. The number of carbonyl (C=O) groups excluding carboxylic acids is 2. The average Bonchev–Trinajstić information content (AvgIpc) is 2.72. The molecule has 0 aliphatic carbocycles. The van der Waals surface area contributed by atoms with Gasteiger partial charge in [-0.15, -0.1) is 0 Å². The number of likely N-dealkylation sites (tertiary alicyclic amines) is 1. The van der Waals surface area contributed by atoms with E-state index in [0.717, 1.165) is 32.4 Å². The SMILES string of the molecule is Cc1nc(N2CCCCC2)ncc1C(=O)N1CC[C@H](O)[C@@]2(CCCNC2=O)C1. The van der Waals surface area contributed by atoms with E-state index in [-0.39, 0.29) is 18.4 Å². The van der Waals surface area contributed by atoms with Gasteiger partial charge in [0.05, 0.1) is 22.8 Å². The molecule has 2 N–H and O–H groups in total. The maximum absolute atomic E-state index is 13.2. The van der Waals surface area contributed by atoms with Crippen LogP contribution in [0.25, 0.3) is 0 Å². The third-order valence-corrected chi connectivity index (χ3v) is 6.44. The smallest absolute Gasteiger partial charge is 0.257 e. The van der Waals surface area contributed by atoms with Crippen molar-refractivity contribution in [2.75, 3.05) is 37.6 Å². The summed E-state index contributed by atoms with van der Waals surface area (Å²) in [7, 11) is 0. The molecule has 1 aromatic rings. The van der Waals surface area contributed by atoms with Crippen molar-refractivity contribution in [2.24, 2.45) is 5.41 Å². The van der Waals surface area contributed by atoms with E-state index < -0.39 is 11.5 Å². The predicted molar refractivity (Wildman–Crippen MR) is 104 cm³/mol. The number of piperidine rings is 3. The van der Waals surface area contributed by atoms with Gasteiger partial charge in [0.1, 0.15) is 0 Å². The van der Waals surface area contributed by atoms with Gasteiger partial charge in [-0.05, 0) is 45.4 Å². The lowest BCUT2D eigenvalue weighted by Gasteiger charge is -2.46. The normalized spacial score (nSPS) is 28.4. The van der Waals surface area contributed by atoms with E-state index in [2.05, 4.69) is 20.2 Å². The van der Waals surface area contributed by atoms with Crippen LogP contribution in [0, 0.1) is 12.3 Å². The molecule has 3 aliphatic heterocycles. The summed E-state index contributed by atoms with van der Waals surface area (Å²) in [4.78, 5) is 38.6. The zero-order valence-corrected chi connectivity index (χ0v) is 16.5. The number of rotatable bonds is 2. The van der Waals surface area contributed by atoms with Gasteiger partial charge in [-0.2, -0.15) is 0 Å². The van der Waals surface area contributed by atoms with Crippen molar-refractivity contribution in [3.8, 4) is 0 Å². The molecule has 8 nitrogen and oxygen atoms in total. The highest BCUT2D eigenvalue weighted by Crippen LogP contribution is 2.37. The van der Waals surface area contributed by atoms with E-state index in [0.29, 0.717) is 43.1 Å². The van der Waals surface area contributed by atoms with Crippen LogP contribution in [0.4, 0.5) is 5.95 Å². The molecule has 0 aromatic carbocycles. The Bertz CT molecular complexity index is 764. The number of nitrogens with zero attached hydrogens (tertiary/aromatic N) is 4. The van der Waals surface area contributed by atoms with Crippen molar-refractivity contribution in [1.29, 1.82) is 0 Å². The minimum absolute atomic E-state index is 0.142. The molecular weight excluding hydrogens is 358 g/mol. The number of aromatic nitrogens is 2. The molecule has 152 valence electrons. The fourth-order valence-electron chi connectivity index (χ4n) is 4.70. The van der Waals surface area contributed by atoms with Gasteiger partial charge in [0.15, 0.2) is 0 Å². The molecule has 8 heteroatoms. The van der Waals surface area contributed by atoms with Gasteiger partial charge < -0.3 is 20.2 Å². The fourth-order valence-corrected chi connectivity index (χ4v) is 4.70. The van der Waals surface area contributed by atoms with Gasteiger partial charge in [-0.1, -0.05) is 0 Å². The zero-order valence-electron chi connectivity index (χ0n) is 16.5. The predicted octanol–water partition coefficient (Wildman–Crippen LogP) is 0.879. The summed E-state index contributed by atoms with van der Waals surface area (Å²) >= 11 is 0. The van der Waals surface area contributed by atoms with Crippen LogP contribution >= 0.6 is 0 Å². The van der Waals surface area contributed by atoms with Crippen molar-refractivity contribution < 1.29 is 14.7 Å². The van der Waals surface area contributed by atoms with Crippen molar-refractivity contribution in [2.45, 2.75) is 51.6 Å². The van der Waals surface area contributed by atoms with Gasteiger partial charge in [0, 0.05) is 38.9 Å². The Balaban J connectivity index is 1.53. The Morgan fingerprint density at radius 1 is 1.25 bits per heavy atom. The largest absolute Gasteiger partial charge is 0.392 e. The number of aliphatic hydroxyl groups is 1. The second-order valence-corrected chi connectivity index (χ2v) is 8.26. The third-order valence-electron chi connectivity index (χ3n) is 6.44. The molecule has 3 fully saturated rings. The maximum atomic E-state index is 13.2. The molecule has 3 saturated heterocycles. The molecule has 3 aliphatic rings. The number of aliphatic hydroxyl groups excluding tert-OH is 1. The van der Waals surface area contributed by atoms with Gasteiger partial charge in [-0.3, -0.25) is 9.59 Å². The monoisotopic (exact) mass is 387 g/mol. The maximum Gasteiger partial charge on any atom is 0.257 e. The quantitative estimate of drug-likeness (QED) is 0.782. The number of amides is 2.